The third-order valence-corrected chi connectivity index (χ3v) is 4.14. The van der Waals surface area contributed by atoms with Crippen LogP contribution < -0.4 is 10.6 Å². The maximum Gasteiger partial charge on any atom is 0.315 e. The molecule has 0 radical (unpaired) electrons. The molecule has 0 bridgehead atoms. The van der Waals surface area contributed by atoms with Crippen molar-refractivity contribution in [2.75, 3.05) is 0 Å². The van der Waals surface area contributed by atoms with Crippen LogP contribution in [0.2, 0.25) is 5.02 Å². The number of nitrogens with one attached hydrogen (secondary N) is 3. The molecule has 0 spiro atoms. The van der Waals surface area contributed by atoms with Crippen LogP contribution in [0, 0.1) is 0 Å². The number of halogens is 1. The minimum atomic E-state index is -0.242. The number of aromatic nitrogens is 3. The Kier molecular flexibility index (Phi) is 4.03. The number of imidazole rings is 1. The fourth-order valence-corrected chi connectivity index (χ4v) is 2.91. The standard InChI is InChI=1S/C18H16ClN5O/c19-13-5-6-17-23-15(11-24(17)10-13)9-21-18(25)20-8-14-7-12-3-1-2-4-16(12)22-14/h1-7,10-11,22H,8-9H2,(H2,20,21,25). The summed E-state index contributed by atoms with van der Waals surface area (Å²) < 4.78 is 1.84. The van der Waals surface area contributed by atoms with Gasteiger partial charge < -0.3 is 20.0 Å². The summed E-state index contributed by atoms with van der Waals surface area (Å²) in [6, 6.07) is 13.4. The Balaban J connectivity index is 1.33. The largest absolute Gasteiger partial charge is 0.357 e. The number of amides is 2. The van der Waals surface area contributed by atoms with Crippen LogP contribution in [-0.2, 0) is 13.1 Å². The van der Waals surface area contributed by atoms with Crippen LogP contribution in [0.3, 0.4) is 0 Å². The van der Waals surface area contributed by atoms with Gasteiger partial charge in [0.25, 0.3) is 0 Å². The molecule has 3 N–H and O–H groups in total. The molecule has 0 atom stereocenters. The van der Waals surface area contributed by atoms with E-state index in [0.717, 1.165) is 27.9 Å². The minimum Gasteiger partial charge on any atom is -0.357 e. The number of carbonyl (C=O) groups is 1. The van der Waals surface area contributed by atoms with Crippen LogP contribution in [0.1, 0.15) is 11.4 Å². The fraction of sp³-hybridized carbons (Fsp3) is 0.111. The number of carbonyl (C=O) groups excluding carboxylic acids is 1. The number of nitrogens with zero attached hydrogens (tertiary/aromatic N) is 2. The Morgan fingerprint density at radius 2 is 1.96 bits per heavy atom. The summed E-state index contributed by atoms with van der Waals surface area (Å²) in [7, 11) is 0. The third kappa shape index (κ3) is 3.44. The molecule has 0 aliphatic heterocycles. The van der Waals surface area contributed by atoms with Gasteiger partial charge in [0, 0.05) is 23.6 Å². The molecule has 0 fully saturated rings. The second kappa shape index (κ2) is 6.49. The lowest BCUT2D eigenvalue weighted by Crippen LogP contribution is -2.34. The summed E-state index contributed by atoms with van der Waals surface area (Å²) >= 11 is 5.95. The first-order valence-electron chi connectivity index (χ1n) is 7.89. The molecular formula is C18H16ClN5O. The van der Waals surface area contributed by atoms with E-state index in [2.05, 4.69) is 20.6 Å². The van der Waals surface area contributed by atoms with Gasteiger partial charge in [-0.05, 0) is 29.7 Å². The number of rotatable bonds is 4. The summed E-state index contributed by atoms with van der Waals surface area (Å²) in [5.41, 5.74) is 3.57. The molecule has 126 valence electrons. The summed E-state index contributed by atoms with van der Waals surface area (Å²) in [5, 5.41) is 7.41. The van der Waals surface area contributed by atoms with Crippen LogP contribution in [0.25, 0.3) is 16.6 Å². The van der Waals surface area contributed by atoms with Crippen LogP contribution >= 0.6 is 11.6 Å². The van der Waals surface area contributed by atoms with Crippen molar-refractivity contribution in [3.05, 3.63) is 71.3 Å². The zero-order valence-electron chi connectivity index (χ0n) is 13.3. The first kappa shape index (κ1) is 15.5. The number of aromatic amines is 1. The van der Waals surface area contributed by atoms with Gasteiger partial charge in [-0.15, -0.1) is 0 Å². The molecule has 3 heterocycles. The minimum absolute atomic E-state index is 0.242. The quantitative estimate of drug-likeness (QED) is 0.525. The Bertz CT molecular complexity index is 1020. The second-order valence-electron chi connectivity index (χ2n) is 5.76. The molecule has 0 saturated carbocycles. The number of para-hydroxylation sites is 1. The lowest BCUT2D eigenvalue weighted by atomic mass is 10.2. The second-order valence-corrected chi connectivity index (χ2v) is 6.20. The van der Waals surface area contributed by atoms with Crippen molar-refractivity contribution >= 4 is 34.2 Å². The van der Waals surface area contributed by atoms with Crippen molar-refractivity contribution in [1.82, 2.24) is 25.0 Å². The van der Waals surface area contributed by atoms with Gasteiger partial charge in [-0.3, -0.25) is 0 Å². The van der Waals surface area contributed by atoms with Gasteiger partial charge in [0.15, 0.2) is 0 Å². The summed E-state index contributed by atoms with van der Waals surface area (Å²) in [4.78, 5) is 19.7. The van der Waals surface area contributed by atoms with E-state index in [1.165, 1.54) is 0 Å². The molecule has 4 aromatic rings. The fourth-order valence-electron chi connectivity index (χ4n) is 2.74. The van der Waals surface area contributed by atoms with Gasteiger partial charge in [0.2, 0.25) is 0 Å². The zero-order valence-corrected chi connectivity index (χ0v) is 14.0. The maximum absolute atomic E-state index is 12.0. The van der Waals surface area contributed by atoms with Crippen molar-refractivity contribution in [2.24, 2.45) is 0 Å². The van der Waals surface area contributed by atoms with Gasteiger partial charge in [-0.1, -0.05) is 29.8 Å². The first-order valence-corrected chi connectivity index (χ1v) is 8.27. The zero-order chi connectivity index (χ0) is 17.2. The average Bonchev–Trinajstić information content (AvgIpc) is 3.20. The SMILES string of the molecule is O=C(NCc1cn2cc(Cl)ccc2n1)NCc1cc2ccccc2[nH]1. The normalized spacial score (nSPS) is 11.1. The van der Waals surface area contributed by atoms with Crippen molar-refractivity contribution in [1.29, 1.82) is 0 Å². The summed E-state index contributed by atoms with van der Waals surface area (Å²) in [6.45, 7) is 0.777. The number of fused-ring (bicyclic) bond motifs is 2. The molecule has 0 saturated heterocycles. The Morgan fingerprint density at radius 1 is 1.12 bits per heavy atom. The monoisotopic (exact) mass is 353 g/mol. The van der Waals surface area contributed by atoms with Crippen molar-refractivity contribution in [3.63, 3.8) is 0 Å². The number of benzene rings is 1. The van der Waals surface area contributed by atoms with Crippen molar-refractivity contribution in [3.8, 4) is 0 Å². The van der Waals surface area contributed by atoms with Crippen LogP contribution in [0.4, 0.5) is 4.79 Å². The van der Waals surface area contributed by atoms with Gasteiger partial charge in [0.05, 0.1) is 23.8 Å². The van der Waals surface area contributed by atoms with E-state index in [9.17, 15) is 4.79 Å². The van der Waals surface area contributed by atoms with Gasteiger partial charge in [-0.25, -0.2) is 9.78 Å². The third-order valence-electron chi connectivity index (χ3n) is 3.92. The van der Waals surface area contributed by atoms with Gasteiger partial charge >= 0.3 is 6.03 Å². The van der Waals surface area contributed by atoms with E-state index < -0.39 is 0 Å². The Hall–Kier alpha value is -2.99. The molecule has 1 aromatic carbocycles. The molecule has 3 aromatic heterocycles. The summed E-state index contributed by atoms with van der Waals surface area (Å²) in [5.74, 6) is 0. The number of pyridine rings is 1. The molecule has 0 aliphatic rings. The Labute approximate surface area is 148 Å². The lowest BCUT2D eigenvalue weighted by Gasteiger charge is -2.05. The molecule has 7 heteroatoms. The topological polar surface area (TPSA) is 74.2 Å². The highest BCUT2D eigenvalue weighted by Gasteiger charge is 2.06. The highest BCUT2D eigenvalue weighted by atomic mass is 35.5. The van der Waals surface area contributed by atoms with E-state index in [1.54, 1.807) is 12.3 Å². The maximum atomic E-state index is 12.0. The molecule has 2 amide bonds. The summed E-state index contributed by atoms with van der Waals surface area (Å²) in [6.07, 6.45) is 3.63. The smallest absolute Gasteiger partial charge is 0.315 e. The average molecular weight is 354 g/mol. The van der Waals surface area contributed by atoms with E-state index in [0.29, 0.717) is 18.1 Å². The lowest BCUT2D eigenvalue weighted by molar-refractivity contribution is 0.240. The number of urea groups is 1. The molecule has 0 unspecified atom stereocenters. The number of H-pyrrole nitrogens is 1. The Morgan fingerprint density at radius 3 is 2.84 bits per heavy atom. The van der Waals surface area contributed by atoms with Gasteiger partial charge in [0.1, 0.15) is 5.65 Å². The van der Waals surface area contributed by atoms with E-state index >= 15 is 0 Å². The number of hydrogen-bond acceptors (Lipinski definition) is 2. The van der Waals surface area contributed by atoms with Crippen molar-refractivity contribution in [2.45, 2.75) is 13.1 Å². The predicted molar refractivity (Wildman–Crippen MR) is 97.6 cm³/mol. The van der Waals surface area contributed by atoms with E-state index in [4.69, 9.17) is 11.6 Å². The molecule has 4 rings (SSSR count). The van der Waals surface area contributed by atoms with Gasteiger partial charge in [-0.2, -0.15) is 0 Å². The van der Waals surface area contributed by atoms with E-state index in [1.807, 2.05) is 47.0 Å². The first-order chi connectivity index (χ1) is 12.2. The van der Waals surface area contributed by atoms with Crippen LogP contribution in [0.15, 0.2) is 54.9 Å². The predicted octanol–water partition coefficient (Wildman–Crippen LogP) is 3.47. The number of hydrogen-bond donors (Lipinski definition) is 3. The molecular weight excluding hydrogens is 338 g/mol. The molecule has 6 nitrogen and oxygen atoms in total. The van der Waals surface area contributed by atoms with Crippen LogP contribution in [0.5, 0.6) is 0 Å². The highest BCUT2D eigenvalue weighted by Crippen LogP contribution is 2.14. The molecule has 0 aliphatic carbocycles. The molecule has 25 heavy (non-hydrogen) atoms. The highest BCUT2D eigenvalue weighted by molar-refractivity contribution is 6.30. The van der Waals surface area contributed by atoms with Crippen LogP contribution in [-0.4, -0.2) is 20.4 Å². The van der Waals surface area contributed by atoms with Crippen molar-refractivity contribution < 1.29 is 4.79 Å². The van der Waals surface area contributed by atoms with E-state index in [-0.39, 0.29) is 6.03 Å².